The van der Waals surface area contributed by atoms with Crippen LogP contribution < -0.4 is 5.32 Å². The minimum Gasteiger partial charge on any atom is -0.481 e. The van der Waals surface area contributed by atoms with Crippen molar-refractivity contribution in [3.63, 3.8) is 0 Å². The number of aromatic nitrogens is 2. The number of anilines is 1. The molecule has 26 heavy (non-hydrogen) atoms. The number of carbonyl (C=O) groups is 1. The summed E-state index contributed by atoms with van der Waals surface area (Å²) in [5.41, 5.74) is 4.87. The zero-order valence-electron chi connectivity index (χ0n) is 15.1. The van der Waals surface area contributed by atoms with Gasteiger partial charge in [0, 0.05) is 23.9 Å². The smallest absolute Gasteiger partial charge is 0.303 e. The number of fused-ring (bicyclic) bond motifs is 1. The van der Waals surface area contributed by atoms with Crippen molar-refractivity contribution >= 4 is 33.3 Å². The van der Waals surface area contributed by atoms with Crippen molar-refractivity contribution in [2.45, 2.75) is 39.5 Å². The van der Waals surface area contributed by atoms with Crippen molar-refractivity contribution in [2.24, 2.45) is 0 Å². The Balaban J connectivity index is 1.79. The third-order valence-electron chi connectivity index (χ3n) is 4.40. The molecule has 1 aromatic carbocycles. The summed E-state index contributed by atoms with van der Waals surface area (Å²) in [6.45, 7) is 5.00. The molecule has 6 heteroatoms. The molecule has 136 valence electrons. The Morgan fingerprint density at radius 1 is 1.15 bits per heavy atom. The third-order valence-corrected chi connectivity index (χ3v) is 5.29. The average molecular weight is 369 g/mol. The van der Waals surface area contributed by atoms with E-state index in [1.807, 2.05) is 0 Å². The molecule has 0 aliphatic carbocycles. The number of unbranched alkanes of at least 4 members (excludes halogenated alkanes) is 2. The zero-order valence-corrected chi connectivity index (χ0v) is 15.9. The van der Waals surface area contributed by atoms with Crippen LogP contribution in [0.2, 0.25) is 0 Å². The number of hydrogen-bond donors (Lipinski definition) is 2. The predicted octanol–water partition coefficient (Wildman–Crippen LogP) is 5.03. The molecule has 0 spiro atoms. The van der Waals surface area contributed by atoms with Crippen molar-refractivity contribution in [1.82, 2.24) is 9.97 Å². The number of thiophene rings is 1. The maximum atomic E-state index is 10.6. The second-order valence-corrected chi connectivity index (χ2v) is 7.36. The van der Waals surface area contributed by atoms with Crippen LogP contribution in [0.25, 0.3) is 21.3 Å². The molecule has 0 saturated heterocycles. The van der Waals surface area contributed by atoms with E-state index in [0.717, 1.165) is 41.0 Å². The van der Waals surface area contributed by atoms with Gasteiger partial charge in [-0.15, -0.1) is 11.3 Å². The fourth-order valence-corrected chi connectivity index (χ4v) is 4.01. The maximum absolute atomic E-state index is 10.6. The van der Waals surface area contributed by atoms with Gasteiger partial charge in [-0.25, -0.2) is 9.97 Å². The fraction of sp³-hybridized carbons (Fsp3) is 0.350. The lowest BCUT2D eigenvalue weighted by Crippen LogP contribution is -2.04. The highest BCUT2D eigenvalue weighted by Crippen LogP contribution is 2.38. The van der Waals surface area contributed by atoms with Crippen LogP contribution in [0.15, 0.2) is 29.9 Å². The van der Waals surface area contributed by atoms with Crippen molar-refractivity contribution in [3.05, 3.63) is 41.0 Å². The van der Waals surface area contributed by atoms with Gasteiger partial charge in [-0.1, -0.05) is 30.2 Å². The van der Waals surface area contributed by atoms with Gasteiger partial charge in [-0.2, -0.15) is 0 Å². The first-order valence-electron chi connectivity index (χ1n) is 8.81. The van der Waals surface area contributed by atoms with E-state index in [2.05, 4.69) is 52.7 Å². The van der Waals surface area contributed by atoms with E-state index in [9.17, 15) is 4.79 Å². The summed E-state index contributed by atoms with van der Waals surface area (Å²) in [6, 6.07) is 6.48. The molecular formula is C20H23N3O2S. The summed E-state index contributed by atoms with van der Waals surface area (Å²) in [4.78, 5) is 20.4. The van der Waals surface area contributed by atoms with Gasteiger partial charge in [0.1, 0.15) is 17.0 Å². The fourth-order valence-electron chi connectivity index (χ4n) is 3.11. The van der Waals surface area contributed by atoms with Crippen LogP contribution in [-0.4, -0.2) is 27.6 Å². The van der Waals surface area contributed by atoms with E-state index >= 15 is 0 Å². The zero-order chi connectivity index (χ0) is 18.5. The predicted molar refractivity (Wildman–Crippen MR) is 107 cm³/mol. The van der Waals surface area contributed by atoms with Crippen LogP contribution in [0.3, 0.4) is 0 Å². The molecular weight excluding hydrogens is 346 g/mol. The Bertz CT molecular complexity index is 921. The molecule has 3 aromatic rings. The lowest BCUT2D eigenvalue weighted by molar-refractivity contribution is -0.137. The molecule has 2 aromatic heterocycles. The minimum absolute atomic E-state index is 0.235. The van der Waals surface area contributed by atoms with Gasteiger partial charge in [0.15, 0.2) is 0 Å². The highest BCUT2D eigenvalue weighted by molar-refractivity contribution is 7.17. The van der Waals surface area contributed by atoms with Crippen molar-refractivity contribution in [2.75, 3.05) is 11.9 Å². The van der Waals surface area contributed by atoms with Crippen LogP contribution in [0, 0.1) is 13.8 Å². The minimum atomic E-state index is -0.730. The second-order valence-electron chi connectivity index (χ2n) is 6.50. The molecule has 0 bridgehead atoms. The largest absolute Gasteiger partial charge is 0.481 e. The molecule has 0 atom stereocenters. The van der Waals surface area contributed by atoms with Crippen molar-refractivity contribution < 1.29 is 9.90 Å². The molecule has 0 amide bonds. The summed E-state index contributed by atoms with van der Waals surface area (Å²) < 4.78 is 0. The van der Waals surface area contributed by atoms with Gasteiger partial charge in [0.2, 0.25) is 0 Å². The van der Waals surface area contributed by atoms with Gasteiger partial charge in [0.05, 0.1) is 5.39 Å². The van der Waals surface area contributed by atoms with E-state index in [0.29, 0.717) is 6.42 Å². The van der Waals surface area contributed by atoms with Gasteiger partial charge < -0.3 is 10.4 Å². The quantitative estimate of drug-likeness (QED) is 0.545. The Morgan fingerprint density at radius 3 is 2.77 bits per heavy atom. The second kappa shape index (κ2) is 8.27. The topological polar surface area (TPSA) is 75.1 Å². The SMILES string of the molecule is Cc1ccc(-c2csc3ncnc(NCCCCCC(=O)O)c23)c(C)c1. The number of rotatable bonds is 8. The third kappa shape index (κ3) is 4.19. The van der Waals surface area contributed by atoms with E-state index in [-0.39, 0.29) is 6.42 Å². The van der Waals surface area contributed by atoms with Crippen LogP contribution in [0.1, 0.15) is 36.8 Å². The lowest BCUT2D eigenvalue weighted by atomic mass is 9.99. The van der Waals surface area contributed by atoms with Crippen LogP contribution >= 0.6 is 11.3 Å². The monoisotopic (exact) mass is 369 g/mol. The van der Waals surface area contributed by atoms with E-state index in [1.165, 1.54) is 16.7 Å². The first-order chi connectivity index (χ1) is 12.6. The summed E-state index contributed by atoms with van der Waals surface area (Å²) in [5, 5.41) is 15.3. The Hall–Kier alpha value is -2.47. The molecule has 2 N–H and O–H groups in total. The van der Waals surface area contributed by atoms with E-state index in [1.54, 1.807) is 17.7 Å². The molecule has 0 aliphatic rings. The molecule has 0 radical (unpaired) electrons. The number of aliphatic carboxylic acids is 1. The number of nitrogens with zero attached hydrogens (tertiary/aromatic N) is 2. The first-order valence-corrected chi connectivity index (χ1v) is 9.69. The van der Waals surface area contributed by atoms with Crippen LogP contribution in [-0.2, 0) is 4.79 Å². The Morgan fingerprint density at radius 2 is 2.00 bits per heavy atom. The number of benzene rings is 1. The van der Waals surface area contributed by atoms with Crippen LogP contribution in [0.5, 0.6) is 0 Å². The Labute approximate surface area is 157 Å². The highest BCUT2D eigenvalue weighted by Gasteiger charge is 2.14. The standard InChI is InChI=1S/C20H23N3O2S/c1-13-7-8-15(14(2)10-13)16-11-26-20-18(16)19(22-12-23-20)21-9-5-3-4-6-17(24)25/h7-8,10-12H,3-6,9H2,1-2H3,(H,24,25)(H,21,22,23). The van der Waals surface area contributed by atoms with E-state index in [4.69, 9.17) is 5.11 Å². The molecule has 2 heterocycles. The number of carboxylic acid groups (broad SMARTS) is 1. The van der Waals surface area contributed by atoms with Crippen molar-refractivity contribution in [1.29, 1.82) is 0 Å². The number of aryl methyl sites for hydroxylation is 2. The van der Waals surface area contributed by atoms with Gasteiger partial charge in [-0.05, 0) is 37.8 Å². The van der Waals surface area contributed by atoms with Crippen molar-refractivity contribution in [3.8, 4) is 11.1 Å². The lowest BCUT2D eigenvalue weighted by Gasteiger charge is -2.10. The molecule has 5 nitrogen and oxygen atoms in total. The average Bonchev–Trinajstić information content (AvgIpc) is 3.02. The maximum Gasteiger partial charge on any atom is 0.303 e. The highest BCUT2D eigenvalue weighted by atomic mass is 32.1. The number of hydrogen-bond acceptors (Lipinski definition) is 5. The molecule has 0 fully saturated rings. The van der Waals surface area contributed by atoms with Gasteiger partial charge >= 0.3 is 5.97 Å². The number of carboxylic acids is 1. The summed E-state index contributed by atoms with van der Waals surface area (Å²) >= 11 is 1.63. The first kappa shape index (κ1) is 18.3. The van der Waals surface area contributed by atoms with E-state index < -0.39 is 5.97 Å². The normalized spacial score (nSPS) is 11.0. The molecule has 0 saturated carbocycles. The van der Waals surface area contributed by atoms with Gasteiger partial charge in [-0.3, -0.25) is 4.79 Å². The molecule has 0 aliphatic heterocycles. The number of nitrogens with one attached hydrogen (secondary N) is 1. The Kier molecular flexibility index (Phi) is 5.83. The summed E-state index contributed by atoms with van der Waals surface area (Å²) in [6.07, 6.45) is 4.35. The van der Waals surface area contributed by atoms with Crippen LogP contribution in [0.4, 0.5) is 5.82 Å². The van der Waals surface area contributed by atoms with Gasteiger partial charge in [0.25, 0.3) is 0 Å². The summed E-state index contributed by atoms with van der Waals surface area (Å²) in [5.74, 6) is 0.122. The summed E-state index contributed by atoms with van der Waals surface area (Å²) in [7, 11) is 0. The molecule has 0 unspecified atom stereocenters. The molecule has 3 rings (SSSR count).